The minimum absolute atomic E-state index is 0.104. The van der Waals surface area contributed by atoms with Gasteiger partial charge in [-0.1, -0.05) is 36.9 Å². The summed E-state index contributed by atoms with van der Waals surface area (Å²) in [5.41, 5.74) is 3.39. The Bertz CT molecular complexity index is 378. The average molecular weight is 257 g/mol. The SMILES string of the molecule is NNC(c1ccc(Cl)cc1F)C1CCCCC1. The molecule has 1 aromatic rings. The number of rotatable bonds is 3. The zero-order valence-corrected chi connectivity index (χ0v) is 10.5. The van der Waals surface area contributed by atoms with E-state index in [2.05, 4.69) is 5.43 Å². The van der Waals surface area contributed by atoms with Gasteiger partial charge in [0.1, 0.15) is 5.82 Å². The van der Waals surface area contributed by atoms with Crippen LogP contribution in [-0.4, -0.2) is 0 Å². The highest BCUT2D eigenvalue weighted by molar-refractivity contribution is 6.30. The van der Waals surface area contributed by atoms with Crippen LogP contribution in [0.4, 0.5) is 4.39 Å². The normalized spacial score (nSPS) is 19.2. The first-order valence-electron chi connectivity index (χ1n) is 6.13. The monoisotopic (exact) mass is 256 g/mol. The predicted octanol–water partition coefficient (Wildman–Crippen LogP) is 3.56. The maximum absolute atomic E-state index is 13.9. The van der Waals surface area contributed by atoms with Gasteiger partial charge in [0, 0.05) is 10.6 Å². The van der Waals surface area contributed by atoms with Crippen molar-refractivity contribution in [2.45, 2.75) is 38.1 Å². The number of benzene rings is 1. The molecule has 4 heteroatoms. The average Bonchev–Trinajstić information content (AvgIpc) is 2.34. The Labute approximate surface area is 106 Å². The van der Waals surface area contributed by atoms with Gasteiger partial charge in [-0.15, -0.1) is 0 Å². The lowest BCUT2D eigenvalue weighted by Gasteiger charge is -2.30. The quantitative estimate of drug-likeness (QED) is 0.641. The van der Waals surface area contributed by atoms with Crippen molar-refractivity contribution < 1.29 is 4.39 Å². The van der Waals surface area contributed by atoms with E-state index in [0.29, 0.717) is 16.5 Å². The number of halogens is 2. The highest BCUT2D eigenvalue weighted by Gasteiger charge is 2.26. The van der Waals surface area contributed by atoms with E-state index >= 15 is 0 Å². The Morgan fingerprint density at radius 2 is 2.00 bits per heavy atom. The van der Waals surface area contributed by atoms with Gasteiger partial charge in [0.15, 0.2) is 0 Å². The topological polar surface area (TPSA) is 38.0 Å². The number of hydrazine groups is 1. The lowest BCUT2D eigenvalue weighted by atomic mass is 9.81. The van der Waals surface area contributed by atoms with Crippen LogP contribution in [-0.2, 0) is 0 Å². The van der Waals surface area contributed by atoms with E-state index in [4.69, 9.17) is 17.4 Å². The summed E-state index contributed by atoms with van der Waals surface area (Å²) in [4.78, 5) is 0. The van der Waals surface area contributed by atoms with Gasteiger partial charge in [-0.05, 0) is 30.9 Å². The van der Waals surface area contributed by atoms with Crippen LogP contribution in [0.15, 0.2) is 18.2 Å². The van der Waals surface area contributed by atoms with Gasteiger partial charge in [-0.2, -0.15) is 0 Å². The molecule has 1 aliphatic carbocycles. The van der Waals surface area contributed by atoms with E-state index in [1.54, 1.807) is 12.1 Å². The van der Waals surface area contributed by atoms with E-state index in [9.17, 15) is 4.39 Å². The van der Waals surface area contributed by atoms with Crippen molar-refractivity contribution in [3.63, 3.8) is 0 Å². The third-order valence-electron chi connectivity index (χ3n) is 3.60. The van der Waals surface area contributed by atoms with Crippen molar-refractivity contribution in [2.24, 2.45) is 11.8 Å². The number of hydrogen-bond donors (Lipinski definition) is 2. The Hall–Kier alpha value is -0.640. The molecule has 1 saturated carbocycles. The highest BCUT2D eigenvalue weighted by Crippen LogP contribution is 2.35. The molecule has 2 rings (SSSR count). The second kappa shape index (κ2) is 5.80. The molecule has 17 heavy (non-hydrogen) atoms. The predicted molar refractivity (Wildman–Crippen MR) is 68.0 cm³/mol. The van der Waals surface area contributed by atoms with Crippen molar-refractivity contribution in [1.29, 1.82) is 0 Å². The first-order valence-corrected chi connectivity index (χ1v) is 6.51. The van der Waals surface area contributed by atoms with Gasteiger partial charge in [-0.3, -0.25) is 11.3 Å². The van der Waals surface area contributed by atoms with Crippen LogP contribution >= 0.6 is 11.6 Å². The molecule has 1 aromatic carbocycles. The Balaban J connectivity index is 2.21. The van der Waals surface area contributed by atoms with Crippen LogP contribution in [0.5, 0.6) is 0 Å². The molecule has 0 radical (unpaired) electrons. The maximum atomic E-state index is 13.9. The van der Waals surface area contributed by atoms with Crippen molar-refractivity contribution in [3.8, 4) is 0 Å². The van der Waals surface area contributed by atoms with Crippen molar-refractivity contribution in [3.05, 3.63) is 34.6 Å². The van der Waals surface area contributed by atoms with Crippen LogP contribution in [0.3, 0.4) is 0 Å². The molecule has 3 N–H and O–H groups in total. The minimum Gasteiger partial charge on any atom is -0.271 e. The summed E-state index contributed by atoms with van der Waals surface area (Å²) in [5.74, 6) is 5.74. The van der Waals surface area contributed by atoms with E-state index in [1.165, 1.54) is 25.3 Å². The molecule has 0 aliphatic heterocycles. The van der Waals surface area contributed by atoms with Gasteiger partial charge >= 0.3 is 0 Å². The summed E-state index contributed by atoms with van der Waals surface area (Å²) in [5, 5.41) is 0.422. The van der Waals surface area contributed by atoms with Crippen LogP contribution in [0, 0.1) is 11.7 Å². The standard InChI is InChI=1S/C13H18ClFN2/c14-10-6-7-11(12(15)8-10)13(17-16)9-4-2-1-3-5-9/h6-9,13,17H,1-5,16H2. The second-order valence-electron chi connectivity index (χ2n) is 4.71. The molecule has 0 heterocycles. The minimum atomic E-state index is -0.272. The summed E-state index contributed by atoms with van der Waals surface area (Å²) in [6.45, 7) is 0. The summed E-state index contributed by atoms with van der Waals surface area (Å²) >= 11 is 5.76. The molecule has 1 aliphatic rings. The van der Waals surface area contributed by atoms with Crippen LogP contribution < -0.4 is 11.3 Å². The zero-order chi connectivity index (χ0) is 12.3. The van der Waals surface area contributed by atoms with Gasteiger partial charge < -0.3 is 0 Å². The Kier molecular flexibility index (Phi) is 4.37. The lowest BCUT2D eigenvalue weighted by molar-refractivity contribution is 0.269. The molecule has 0 aromatic heterocycles. The van der Waals surface area contributed by atoms with E-state index < -0.39 is 0 Å². The second-order valence-corrected chi connectivity index (χ2v) is 5.14. The van der Waals surface area contributed by atoms with Crippen molar-refractivity contribution in [1.82, 2.24) is 5.43 Å². The number of nitrogens with one attached hydrogen (secondary N) is 1. The molecule has 1 unspecified atom stereocenters. The van der Waals surface area contributed by atoms with Gasteiger partial charge in [0.2, 0.25) is 0 Å². The first kappa shape index (κ1) is 12.8. The van der Waals surface area contributed by atoms with E-state index in [-0.39, 0.29) is 11.9 Å². The fourth-order valence-corrected chi connectivity index (χ4v) is 2.86. The van der Waals surface area contributed by atoms with Crippen LogP contribution in [0.1, 0.15) is 43.7 Å². The fourth-order valence-electron chi connectivity index (χ4n) is 2.70. The Morgan fingerprint density at radius 3 is 2.59 bits per heavy atom. The number of hydrogen-bond acceptors (Lipinski definition) is 2. The molecule has 2 nitrogen and oxygen atoms in total. The van der Waals surface area contributed by atoms with Crippen molar-refractivity contribution >= 4 is 11.6 Å². The first-order chi connectivity index (χ1) is 8.22. The highest BCUT2D eigenvalue weighted by atomic mass is 35.5. The summed E-state index contributed by atoms with van der Waals surface area (Å²) in [6.07, 6.45) is 5.90. The zero-order valence-electron chi connectivity index (χ0n) is 9.76. The molecule has 1 fully saturated rings. The van der Waals surface area contributed by atoms with E-state index in [1.807, 2.05) is 0 Å². The summed E-state index contributed by atoms with van der Waals surface area (Å²) in [7, 11) is 0. The third kappa shape index (κ3) is 2.97. The molecular weight excluding hydrogens is 239 g/mol. The molecule has 0 amide bonds. The smallest absolute Gasteiger partial charge is 0.129 e. The largest absolute Gasteiger partial charge is 0.271 e. The lowest BCUT2D eigenvalue weighted by Crippen LogP contribution is -2.35. The molecule has 94 valence electrons. The van der Waals surface area contributed by atoms with Crippen LogP contribution in [0.2, 0.25) is 5.02 Å². The van der Waals surface area contributed by atoms with E-state index in [0.717, 1.165) is 12.8 Å². The maximum Gasteiger partial charge on any atom is 0.129 e. The van der Waals surface area contributed by atoms with Gasteiger partial charge in [0.25, 0.3) is 0 Å². The van der Waals surface area contributed by atoms with Gasteiger partial charge in [0.05, 0.1) is 6.04 Å². The fraction of sp³-hybridized carbons (Fsp3) is 0.538. The van der Waals surface area contributed by atoms with Crippen molar-refractivity contribution in [2.75, 3.05) is 0 Å². The van der Waals surface area contributed by atoms with Gasteiger partial charge in [-0.25, -0.2) is 4.39 Å². The molecule has 1 atom stereocenters. The van der Waals surface area contributed by atoms with Crippen LogP contribution in [0.25, 0.3) is 0 Å². The molecule has 0 bridgehead atoms. The molecule has 0 saturated heterocycles. The third-order valence-corrected chi connectivity index (χ3v) is 3.83. The summed E-state index contributed by atoms with van der Waals surface area (Å²) < 4.78 is 13.9. The molecular formula is C13H18ClFN2. The summed E-state index contributed by atoms with van der Waals surface area (Å²) in [6, 6.07) is 4.70. The molecule has 0 spiro atoms. The Morgan fingerprint density at radius 1 is 1.29 bits per heavy atom. The number of nitrogens with two attached hydrogens (primary N) is 1.